The Labute approximate surface area is 155 Å². The molecule has 1 amide bonds. The fraction of sp³-hybridized carbons (Fsp3) is 0.500. The molecule has 26 heavy (non-hydrogen) atoms. The number of aromatic nitrogens is 2. The van der Waals surface area contributed by atoms with Crippen molar-refractivity contribution < 1.29 is 9.53 Å². The summed E-state index contributed by atoms with van der Waals surface area (Å²) in [5, 5.41) is 4.51. The lowest BCUT2D eigenvalue weighted by atomic mass is 10.1. The summed E-state index contributed by atoms with van der Waals surface area (Å²) >= 11 is 0. The summed E-state index contributed by atoms with van der Waals surface area (Å²) in [7, 11) is 1.65. The second-order valence-corrected chi connectivity index (χ2v) is 6.90. The van der Waals surface area contributed by atoms with Gasteiger partial charge in [0.2, 0.25) is 5.91 Å². The van der Waals surface area contributed by atoms with E-state index < -0.39 is 0 Å². The van der Waals surface area contributed by atoms with E-state index in [0.717, 1.165) is 56.3 Å². The van der Waals surface area contributed by atoms with E-state index in [9.17, 15) is 4.79 Å². The maximum atomic E-state index is 12.5. The molecule has 0 spiro atoms. The molecule has 0 unspecified atom stereocenters. The van der Waals surface area contributed by atoms with Gasteiger partial charge in [-0.25, -0.2) is 0 Å². The van der Waals surface area contributed by atoms with Crippen LogP contribution in [0.3, 0.4) is 0 Å². The van der Waals surface area contributed by atoms with Crippen LogP contribution in [0, 0.1) is 13.8 Å². The van der Waals surface area contributed by atoms with Crippen molar-refractivity contribution in [2.24, 2.45) is 0 Å². The quantitative estimate of drug-likeness (QED) is 0.793. The van der Waals surface area contributed by atoms with Crippen LogP contribution in [0.4, 0.5) is 0 Å². The Morgan fingerprint density at radius 1 is 1.08 bits per heavy atom. The van der Waals surface area contributed by atoms with Crippen LogP contribution >= 0.6 is 0 Å². The van der Waals surface area contributed by atoms with E-state index in [-0.39, 0.29) is 5.91 Å². The number of aryl methyl sites for hydroxylation is 2. The maximum absolute atomic E-state index is 12.5. The summed E-state index contributed by atoms with van der Waals surface area (Å²) in [6.45, 7) is 9.44. The maximum Gasteiger partial charge on any atom is 0.227 e. The molecule has 0 bridgehead atoms. The van der Waals surface area contributed by atoms with E-state index in [1.54, 1.807) is 7.11 Å². The van der Waals surface area contributed by atoms with Gasteiger partial charge in [-0.15, -0.1) is 0 Å². The van der Waals surface area contributed by atoms with Gasteiger partial charge in [0.15, 0.2) is 0 Å². The molecule has 1 fully saturated rings. The zero-order valence-electron chi connectivity index (χ0n) is 15.9. The molecule has 1 aliphatic heterocycles. The number of nitrogens with zero attached hydrogens (tertiary/aromatic N) is 4. The summed E-state index contributed by atoms with van der Waals surface area (Å²) in [5.41, 5.74) is 3.30. The Balaban J connectivity index is 1.43. The SMILES string of the molecule is COc1ccc(CC(=O)N2CCN(CCn3nc(C)cc3C)CC2)cc1. The van der Waals surface area contributed by atoms with Gasteiger partial charge in [0.1, 0.15) is 5.75 Å². The lowest BCUT2D eigenvalue weighted by molar-refractivity contribution is -0.132. The molecule has 1 aliphatic rings. The molecular formula is C20H28N4O2. The van der Waals surface area contributed by atoms with Crippen molar-refractivity contribution in [3.63, 3.8) is 0 Å². The van der Waals surface area contributed by atoms with Crippen molar-refractivity contribution >= 4 is 5.91 Å². The molecule has 1 aromatic heterocycles. The number of methoxy groups -OCH3 is 1. The molecule has 140 valence electrons. The molecule has 0 atom stereocenters. The van der Waals surface area contributed by atoms with Crippen LogP contribution in [-0.4, -0.2) is 65.3 Å². The largest absolute Gasteiger partial charge is 0.497 e. The van der Waals surface area contributed by atoms with Gasteiger partial charge in [0, 0.05) is 38.4 Å². The van der Waals surface area contributed by atoms with Crippen LogP contribution in [0.2, 0.25) is 0 Å². The summed E-state index contributed by atoms with van der Waals surface area (Å²) in [6, 6.07) is 9.83. The highest BCUT2D eigenvalue weighted by atomic mass is 16.5. The van der Waals surface area contributed by atoms with Gasteiger partial charge >= 0.3 is 0 Å². The van der Waals surface area contributed by atoms with Crippen LogP contribution in [0.15, 0.2) is 30.3 Å². The van der Waals surface area contributed by atoms with Gasteiger partial charge in [-0.1, -0.05) is 12.1 Å². The van der Waals surface area contributed by atoms with Crippen molar-refractivity contribution in [3.05, 3.63) is 47.3 Å². The fourth-order valence-corrected chi connectivity index (χ4v) is 3.39. The fourth-order valence-electron chi connectivity index (χ4n) is 3.39. The topological polar surface area (TPSA) is 50.6 Å². The zero-order valence-corrected chi connectivity index (χ0v) is 15.9. The number of benzene rings is 1. The van der Waals surface area contributed by atoms with Crippen LogP contribution < -0.4 is 4.74 Å². The first-order valence-electron chi connectivity index (χ1n) is 9.19. The molecule has 1 aromatic carbocycles. The number of hydrogen-bond acceptors (Lipinski definition) is 4. The zero-order chi connectivity index (χ0) is 18.5. The number of hydrogen-bond donors (Lipinski definition) is 0. The van der Waals surface area contributed by atoms with E-state index in [4.69, 9.17) is 4.74 Å². The van der Waals surface area contributed by atoms with Crippen molar-refractivity contribution in [1.29, 1.82) is 0 Å². The minimum Gasteiger partial charge on any atom is -0.497 e. The lowest BCUT2D eigenvalue weighted by Gasteiger charge is -2.34. The minimum absolute atomic E-state index is 0.202. The third kappa shape index (κ3) is 4.64. The predicted octanol–water partition coefficient (Wildman–Crippen LogP) is 1.90. The Kier molecular flexibility index (Phi) is 5.93. The van der Waals surface area contributed by atoms with Crippen LogP contribution in [0.5, 0.6) is 5.75 Å². The number of rotatable bonds is 6. The Hall–Kier alpha value is -2.34. The molecule has 0 N–H and O–H groups in total. The smallest absolute Gasteiger partial charge is 0.227 e. The van der Waals surface area contributed by atoms with Gasteiger partial charge in [-0.05, 0) is 37.6 Å². The third-order valence-corrected chi connectivity index (χ3v) is 4.97. The van der Waals surface area contributed by atoms with Crippen molar-refractivity contribution in [2.75, 3.05) is 39.8 Å². The molecular weight excluding hydrogens is 328 g/mol. The van der Waals surface area contributed by atoms with Crippen molar-refractivity contribution in [1.82, 2.24) is 19.6 Å². The first-order valence-corrected chi connectivity index (χ1v) is 9.19. The number of carbonyl (C=O) groups is 1. The Bertz CT molecular complexity index is 731. The summed E-state index contributed by atoms with van der Waals surface area (Å²) in [6.07, 6.45) is 0.454. The monoisotopic (exact) mass is 356 g/mol. The lowest BCUT2D eigenvalue weighted by Crippen LogP contribution is -2.49. The number of piperazine rings is 1. The first-order chi connectivity index (χ1) is 12.5. The number of carbonyl (C=O) groups excluding carboxylic acids is 1. The van der Waals surface area contributed by atoms with Crippen molar-refractivity contribution in [3.8, 4) is 5.75 Å². The third-order valence-electron chi connectivity index (χ3n) is 4.97. The molecule has 3 rings (SSSR count). The Morgan fingerprint density at radius 2 is 1.77 bits per heavy atom. The first kappa shape index (κ1) is 18.5. The summed E-state index contributed by atoms with van der Waals surface area (Å²) in [5.74, 6) is 1.02. The molecule has 0 radical (unpaired) electrons. The van der Waals surface area contributed by atoms with E-state index >= 15 is 0 Å². The highest BCUT2D eigenvalue weighted by molar-refractivity contribution is 5.78. The normalized spacial score (nSPS) is 15.3. The van der Waals surface area contributed by atoms with Crippen LogP contribution in [-0.2, 0) is 17.8 Å². The molecule has 0 aliphatic carbocycles. The van der Waals surface area contributed by atoms with Gasteiger partial charge in [0.25, 0.3) is 0 Å². The van der Waals surface area contributed by atoms with E-state index in [1.807, 2.05) is 36.1 Å². The van der Waals surface area contributed by atoms with Crippen LogP contribution in [0.1, 0.15) is 17.0 Å². The molecule has 6 nitrogen and oxygen atoms in total. The van der Waals surface area contributed by atoms with Crippen LogP contribution in [0.25, 0.3) is 0 Å². The summed E-state index contributed by atoms with van der Waals surface area (Å²) in [4.78, 5) is 16.9. The average Bonchev–Trinajstić information content (AvgIpc) is 2.98. The highest BCUT2D eigenvalue weighted by Crippen LogP contribution is 2.13. The molecule has 6 heteroatoms. The van der Waals surface area contributed by atoms with E-state index in [0.29, 0.717) is 6.42 Å². The second-order valence-electron chi connectivity index (χ2n) is 6.90. The van der Waals surface area contributed by atoms with Gasteiger partial charge in [0.05, 0.1) is 25.8 Å². The molecule has 0 saturated carbocycles. The highest BCUT2D eigenvalue weighted by Gasteiger charge is 2.21. The molecule has 2 aromatic rings. The predicted molar refractivity (Wildman–Crippen MR) is 101 cm³/mol. The number of ether oxygens (including phenoxy) is 1. The molecule has 2 heterocycles. The second kappa shape index (κ2) is 8.36. The van der Waals surface area contributed by atoms with E-state index in [1.165, 1.54) is 5.69 Å². The summed E-state index contributed by atoms with van der Waals surface area (Å²) < 4.78 is 7.22. The van der Waals surface area contributed by atoms with E-state index in [2.05, 4.69) is 27.7 Å². The standard InChI is InChI=1S/C20H28N4O2/c1-16-14-17(2)24(21-16)13-10-22-8-11-23(12-9-22)20(25)15-18-4-6-19(26-3)7-5-18/h4-7,14H,8-13,15H2,1-3H3. The van der Waals surface area contributed by atoms with Gasteiger partial charge in [-0.2, -0.15) is 5.10 Å². The Morgan fingerprint density at radius 3 is 2.35 bits per heavy atom. The minimum atomic E-state index is 0.202. The van der Waals surface area contributed by atoms with Gasteiger partial charge < -0.3 is 9.64 Å². The van der Waals surface area contributed by atoms with Crippen molar-refractivity contribution in [2.45, 2.75) is 26.8 Å². The average molecular weight is 356 g/mol. The van der Waals surface area contributed by atoms with Gasteiger partial charge in [-0.3, -0.25) is 14.4 Å². The number of amides is 1. The molecule has 1 saturated heterocycles.